The number of carbonyl (C=O) groups excluding carboxylic acids is 1. The largest absolute Gasteiger partial charge is 0.492 e. The van der Waals surface area contributed by atoms with E-state index in [1.165, 1.54) is 24.3 Å². The minimum atomic E-state index is -0.377. The molecule has 5 nitrogen and oxygen atoms in total. The molecule has 132 valence electrons. The molecule has 0 spiro atoms. The zero-order chi connectivity index (χ0) is 18.4. The first-order valence-electron chi connectivity index (χ1n) is 8.17. The maximum atomic E-state index is 13.0. The number of carbonyl (C=O) groups is 1. The molecule has 0 saturated heterocycles. The molecule has 0 aliphatic heterocycles. The summed E-state index contributed by atoms with van der Waals surface area (Å²) in [6.07, 6.45) is 1.55. The fraction of sp³-hybridized carbons (Fsp3) is 0.100. The predicted octanol–water partition coefficient (Wildman–Crippen LogP) is 4.62. The summed E-state index contributed by atoms with van der Waals surface area (Å²) in [4.78, 5) is 16.4. The second kappa shape index (κ2) is 8.11. The summed E-state index contributed by atoms with van der Waals surface area (Å²) in [7, 11) is 0. The lowest BCUT2D eigenvalue weighted by molar-refractivity contribution is 0.102. The number of nitrogens with zero attached hydrogens (tertiary/aromatic N) is 1. The highest BCUT2D eigenvalue weighted by Gasteiger charge is 2.10. The highest BCUT2D eigenvalue weighted by Crippen LogP contribution is 2.27. The number of halogens is 1. The molecular weight excluding hydrogens is 333 g/mol. The van der Waals surface area contributed by atoms with Crippen LogP contribution in [0.15, 0.2) is 66.9 Å². The lowest BCUT2D eigenvalue weighted by Crippen LogP contribution is -2.13. The first-order chi connectivity index (χ1) is 12.7. The third-order valence-electron chi connectivity index (χ3n) is 3.56. The zero-order valence-corrected chi connectivity index (χ0v) is 14.2. The number of para-hydroxylation sites is 2. The van der Waals surface area contributed by atoms with Crippen LogP contribution in [0.5, 0.6) is 5.75 Å². The molecule has 26 heavy (non-hydrogen) atoms. The Morgan fingerprint density at radius 1 is 1.08 bits per heavy atom. The van der Waals surface area contributed by atoms with Gasteiger partial charge in [-0.2, -0.15) is 0 Å². The summed E-state index contributed by atoms with van der Waals surface area (Å²) in [5, 5.41) is 5.92. The molecule has 0 aliphatic rings. The molecule has 0 atom stereocenters. The normalized spacial score (nSPS) is 10.2. The van der Waals surface area contributed by atoms with Gasteiger partial charge in [0.1, 0.15) is 17.3 Å². The molecule has 0 fully saturated rings. The Bertz CT molecular complexity index is 898. The number of pyridine rings is 1. The number of hydrogen-bond acceptors (Lipinski definition) is 4. The number of hydrogen-bond donors (Lipinski definition) is 2. The van der Waals surface area contributed by atoms with Crippen molar-refractivity contribution in [3.05, 3.63) is 78.4 Å². The van der Waals surface area contributed by atoms with Gasteiger partial charge in [-0.1, -0.05) is 12.1 Å². The highest BCUT2D eigenvalue weighted by atomic mass is 19.1. The molecule has 0 saturated carbocycles. The van der Waals surface area contributed by atoms with Gasteiger partial charge in [-0.05, 0) is 55.5 Å². The molecule has 0 aliphatic carbocycles. The van der Waals surface area contributed by atoms with E-state index in [9.17, 15) is 9.18 Å². The third kappa shape index (κ3) is 4.36. The lowest BCUT2D eigenvalue weighted by atomic mass is 10.2. The number of rotatable bonds is 6. The summed E-state index contributed by atoms with van der Waals surface area (Å²) in [5.41, 5.74) is 2.24. The van der Waals surface area contributed by atoms with E-state index in [0.29, 0.717) is 18.0 Å². The van der Waals surface area contributed by atoms with Crippen LogP contribution in [0.1, 0.15) is 17.4 Å². The maximum Gasteiger partial charge on any atom is 0.274 e. The van der Waals surface area contributed by atoms with Crippen LogP contribution in [-0.4, -0.2) is 17.5 Å². The van der Waals surface area contributed by atoms with E-state index in [-0.39, 0.29) is 17.4 Å². The predicted molar refractivity (Wildman–Crippen MR) is 99.5 cm³/mol. The van der Waals surface area contributed by atoms with Gasteiger partial charge in [0.15, 0.2) is 0 Å². The van der Waals surface area contributed by atoms with Crippen LogP contribution >= 0.6 is 0 Å². The summed E-state index contributed by atoms with van der Waals surface area (Å²) < 4.78 is 18.5. The van der Waals surface area contributed by atoms with Gasteiger partial charge in [-0.15, -0.1) is 0 Å². The van der Waals surface area contributed by atoms with Gasteiger partial charge in [0, 0.05) is 17.6 Å². The van der Waals surface area contributed by atoms with Gasteiger partial charge >= 0.3 is 0 Å². The molecule has 1 heterocycles. The lowest BCUT2D eigenvalue weighted by Gasteiger charge is -2.12. The van der Waals surface area contributed by atoms with Crippen LogP contribution in [-0.2, 0) is 0 Å². The fourth-order valence-electron chi connectivity index (χ4n) is 2.37. The molecule has 6 heteroatoms. The minimum absolute atomic E-state index is 0.244. The van der Waals surface area contributed by atoms with Gasteiger partial charge in [0.05, 0.1) is 12.3 Å². The quantitative estimate of drug-likeness (QED) is 0.680. The summed E-state index contributed by atoms with van der Waals surface area (Å²) in [6.45, 7) is 2.47. The molecule has 0 unspecified atom stereocenters. The molecular formula is C20H18FN3O2. The van der Waals surface area contributed by atoms with E-state index in [4.69, 9.17) is 4.74 Å². The summed E-state index contributed by atoms with van der Waals surface area (Å²) in [5.74, 6) is -0.0113. The van der Waals surface area contributed by atoms with Crippen molar-refractivity contribution < 1.29 is 13.9 Å². The molecule has 1 aromatic heterocycles. The van der Waals surface area contributed by atoms with Gasteiger partial charge in [-0.3, -0.25) is 9.78 Å². The molecule has 1 amide bonds. The van der Waals surface area contributed by atoms with E-state index >= 15 is 0 Å². The monoisotopic (exact) mass is 351 g/mol. The van der Waals surface area contributed by atoms with E-state index in [1.807, 2.05) is 31.2 Å². The van der Waals surface area contributed by atoms with Crippen molar-refractivity contribution in [1.82, 2.24) is 4.98 Å². The van der Waals surface area contributed by atoms with Crippen LogP contribution in [0.25, 0.3) is 0 Å². The van der Waals surface area contributed by atoms with E-state index in [2.05, 4.69) is 15.6 Å². The Labute approximate surface area is 150 Å². The maximum absolute atomic E-state index is 13.0. The van der Waals surface area contributed by atoms with Crippen LogP contribution in [0.3, 0.4) is 0 Å². The Kier molecular flexibility index (Phi) is 5.43. The van der Waals surface area contributed by atoms with E-state index < -0.39 is 0 Å². The van der Waals surface area contributed by atoms with Crippen molar-refractivity contribution in [3.8, 4) is 5.75 Å². The van der Waals surface area contributed by atoms with Gasteiger partial charge < -0.3 is 15.4 Å². The van der Waals surface area contributed by atoms with Crippen molar-refractivity contribution in [2.75, 3.05) is 17.2 Å². The number of benzene rings is 2. The molecule has 0 radical (unpaired) electrons. The Morgan fingerprint density at radius 3 is 2.62 bits per heavy atom. The molecule has 0 bridgehead atoms. The number of nitrogens with one attached hydrogen (secondary N) is 2. The van der Waals surface area contributed by atoms with Crippen molar-refractivity contribution in [2.24, 2.45) is 0 Å². The van der Waals surface area contributed by atoms with Crippen molar-refractivity contribution in [2.45, 2.75) is 6.92 Å². The average Bonchev–Trinajstić information content (AvgIpc) is 2.66. The van der Waals surface area contributed by atoms with E-state index in [0.717, 1.165) is 11.4 Å². The van der Waals surface area contributed by atoms with Crippen molar-refractivity contribution in [3.63, 3.8) is 0 Å². The van der Waals surface area contributed by atoms with Crippen molar-refractivity contribution >= 4 is 23.0 Å². The minimum Gasteiger partial charge on any atom is -0.492 e. The SMILES string of the molecule is CCOc1ccccc1Nc1ccnc(C(=O)Nc2ccc(F)cc2)c1. The highest BCUT2D eigenvalue weighted by molar-refractivity contribution is 6.03. The smallest absolute Gasteiger partial charge is 0.274 e. The molecule has 3 rings (SSSR count). The number of anilines is 3. The van der Waals surface area contributed by atoms with Crippen LogP contribution in [0.4, 0.5) is 21.5 Å². The fourth-order valence-corrected chi connectivity index (χ4v) is 2.37. The third-order valence-corrected chi connectivity index (χ3v) is 3.56. The summed E-state index contributed by atoms with van der Waals surface area (Å²) in [6, 6.07) is 16.5. The number of aromatic nitrogens is 1. The molecule has 3 aromatic rings. The average molecular weight is 351 g/mol. The first-order valence-corrected chi connectivity index (χ1v) is 8.17. The van der Waals surface area contributed by atoms with Gasteiger partial charge in [0.25, 0.3) is 5.91 Å². The Hall–Kier alpha value is -3.41. The molecule has 2 N–H and O–H groups in total. The first kappa shape index (κ1) is 17.4. The topological polar surface area (TPSA) is 63.2 Å². The Balaban J connectivity index is 1.76. The van der Waals surface area contributed by atoms with Crippen LogP contribution in [0, 0.1) is 5.82 Å². The molecule has 2 aromatic carbocycles. The van der Waals surface area contributed by atoms with Crippen molar-refractivity contribution in [1.29, 1.82) is 0 Å². The standard InChI is InChI=1S/C20H18FN3O2/c1-2-26-19-6-4-3-5-17(19)23-16-11-12-22-18(13-16)20(25)24-15-9-7-14(21)8-10-15/h3-13H,2H2,1H3,(H,22,23)(H,24,25). The summed E-state index contributed by atoms with van der Waals surface area (Å²) >= 11 is 0. The Morgan fingerprint density at radius 2 is 1.85 bits per heavy atom. The van der Waals surface area contributed by atoms with E-state index in [1.54, 1.807) is 18.3 Å². The second-order valence-electron chi connectivity index (χ2n) is 5.44. The number of ether oxygens (including phenoxy) is 1. The number of amides is 1. The van der Waals surface area contributed by atoms with Gasteiger partial charge in [0.2, 0.25) is 0 Å². The van der Waals surface area contributed by atoms with Crippen LogP contribution < -0.4 is 15.4 Å². The zero-order valence-electron chi connectivity index (χ0n) is 14.2. The van der Waals surface area contributed by atoms with Crippen LogP contribution in [0.2, 0.25) is 0 Å². The van der Waals surface area contributed by atoms with Gasteiger partial charge in [-0.25, -0.2) is 4.39 Å². The second-order valence-corrected chi connectivity index (χ2v) is 5.44.